The van der Waals surface area contributed by atoms with Gasteiger partial charge in [-0.05, 0) is 56.5 Å². The van der Waals surface area contributed by atoms with E-state index in [1.54, 1.807) is 37.3 Å². The molecule has 1 amide bonds. The predicted octanol–water partition coefficient (Wildman–Crippen LogP) is 3.34. The van der Waals surface area contributed by atoms with Crippen molar-refractivity contribution in [1.82, 2.24) is 5.32 Å². The molecule has 0 radical (unpaired) electrons. The molecule has 0 aliphatic rings. The summed E-state index contributed by atoms with van der Waals surface area (Å²) in [6.45, 7) is 7.55. The van der Waals surface area contributed by atoms with Crippen LogP contribution >= 0.6 is 0 Å². The monoisotopic (exact) mass is 374 g/mol. The molecule has 5 nitrogen and oxygen atoms in total. The van der Waals surface area contributed by atoms with Crippen LogP contribution in [0.3, 0.4) is 0 Å². The van der Waals surface area contributed by atoms with E-state index in [0.29, 0.717) is 5.69 Å². The van der Waals surface area contributed by atoms with Gasteiger partial charge in [-0.25, -0.2) is 8.42 Å². The number of para-hydroxylation sites is 1. The lowest BCUT2D eigenvalue weighted by molar-refractivity contribution is -0.122. The molecule has 2 atom stereocenters. The summed E-state index contributed by atoms with van der Waals surface area (Å²) in [6.07, 6.45) is 1.11. The van der Waals surface area contributed by atoms with Gasteiger partial charge in [-0.2, -0.15) is 0 Å². The van der Waals surface area contributed by atoms with Gasteiger partial charge in [0.25, 0.3) is 0 Å². The van der Waals surface area contributed by atoms with E-state index in [2.05, 4.69) is 5.32 Å². The van der Waals surface area contributed by atoms with Gasteiger partial charge in [-0.15, -0.1) is 0 Å². The fourth-order valence-electron chi connectivity index (χ4n) is 2.83. The standard InChI is InChI=1S/C20H26N2O3S/c1-14-11-12-18(13-15(14)2)16(3)21-20(23)17(4)22(26(5,24)25)19-9-7-6-8-10-19/h6-13,16-17H,1-5H3,(H,21,23). The van der Waals surface area contributed by atoms with E-state index in [9.17, 15) is 13.2 Å². The molecule has 0 fully saturated rings. The third kappa shape index (κ3) is 4.64. The highest BCUT2D eigenvalue weighted by molar-refractivity contribution is 7.92. The fourth-order valence-corrected chi connectivity index (χ4v) is 4.01. The highest BCUT2D eigenvalue weighted by Crippen LogP contribution is 2.21. The van der Waals surface area contributed by atoms with Crippen molar-refractivity contribution >= 4 is 21.6 Å². The van der Waals surface area contributed by atoms with Crippen molar-refractivity contribution in [2.24, 2.45) is 0 Å². The van der Waals surface area contributed by atoms with Crippen LogP contribution in [0.1, 0.15) is 36.6 Å². The summed E-state index contributed by atoms with van der Waals surface area (Å²) in [5.74, 6) is -0.343. The van der Waals surface area contributed by atoms with Gasteiger partial charge in [0.2, 0.25) is 15.9 Å². The largest absolute Gasteiger partial charge is 0.348 e. The maximum absolute atomic E-state index is 12.7. The minimum absolute atomic E-state index is 0.221. The van der Waals surface area contributed by atoms with Crippen LogP contribution < -0.4 is 9.62 Å². The van der Waals surface area contributed by atoms with Crippen molar-refractivity contribution in [3.05, 3.63) is 65.2 Å². The second-order valence-electron chi connectivity index (χ2n) is 6.64. The SMILES string of the molecule is Cc1ccc(C(C)NC(=O)C(C)N(c2ccccc2)S(C)(=O)=O)cc1C. The van der Waals surface area contributed by atoms with Crippen molar-refractivity contribution in [2.75, 3.05) is 10.6 Å². The maximum atomic E-state index is 12.7. The Morgan fingerprint density at radius 3 is 2.15 bits per heavy atom. The summed E-state index contributed by atoms with van der Waals surface area (Å²) in [5, 5.41) is 2.92. The van der Waals surface area contributed by atoms with Crippen molar-refractivity contribution in [3.63, 3.8) is 0 Å². The van der Waals surface area contributed by atoms with Gasteiger partial charge in [0.1, 0.15) is 6.04 Å². The van der Waals surface area contributed by atoms with E-state index in [0.717, 1.165) is 21.7 Å². The molecule has 26 heavy (non-hydrogen) atoms. The number of hydrogen-bond acceptors (Lipinski definition) is 3. The molecule has 1 N–H and O–H groups in total. The molecular formula is C20H26N2O3S. The second-order valence-corrected chi connectivity index (χ2v) is 8.50. The van der Waals surface area contributed by atoms with Crippen LogP contribution in [-0.2, 0) is 14.8 Å². The molecular weight excluding hydrogens is 348 g/mol. The predicted molar refractivity (Wildman–Crippen MR) is 106 cm³/mol. The van der Waals surface area contributed by atoms with Crippen LogP contribution in [0.2, 0.25) is 0 Å². The number of nitrogens with one attached hydrogen (secondary N) is 1. The summed E-state index contributed by atoms with van der Waals surface area (Å²) >= 11 is 0. The molecule has 2 rings (SSSR count). The van der Waals surface area contributed by atoms with Gasteiger partial charge in [0.15, 0.2) is 0 Å². The summed E-state index contributed by atoms with van der Waals surface area (Å²) < 4.78 is 25.7. The molecule has 0 aliphatic carbocycles. The van der Waals surface area contributed by atoms with Crippen LogP contribution in [0.15, 0.2) is 48.5 Å². The number of carbonyl (C=O) groups excluding carboxylic acids is 1. The molecule has 2 aromatic rings. The molecule has 2 unspecified atom stereocenters. The molecule has 140 valence electrons. The van der Waals surface area contributed by atoms with Gasteiger partial charge >= 0.3 is 0 Å². The van der Waals surface area contributed by atoms with Crippen molar-refractivity contribution in [1.29, 1.82) is 0 Å². The first-order valence-electron chi connectivity index (χ1n) is 8.53. The van der Waals surface area contributed by atoms with Crippen molar-refractivity contribution in [2.45, 2.75) is 39.8 Å². The highest BCUT2D eigenvalue weighted by Gasteiger charge is 2.29. The Labute approximate surface area is 156 Å². The molecule has 2 aromatic carbocycles. The zero-order chi connectivity index (χ0) is 19.5. The molecule has 0 saturated heterocycles. The molecule has 0 spiro atoms. The van der Waals surface area contributed by atoms with Crippen molar-refractivity contribution < 1.29 is 13.2 Å². The van der Waals surface area contributed by atoms with E-state index >= 15 is 0 Å². The molecule has 0 saturated carbocycles. The van der Waals surface area contributed by atoms with E-state index in [4.69, 9.17) is 0 Å². The average molecular weight is 375 g/mol. The summed E-state index contributed by atoms with van der Waals surface area (Å²) in [4.78, 5) is 12.7. The first-order chi connectivity index (χ1) is 12.1. The Morgan fingerprint density at radius 2 is 1.62 bits per heavy atom. The third-order valence-corrected chi connectivity index (χ3v) is 5.73. The Morgan fingerprint density at radius 1 is 1.00 bits per heavy atom. The van der Waals surface area contributed by atoms with Gasteiger partial charge in [-0.1, -0.05) is 36.4 Å². The first-order valence-corrected chi connectivity index (χ1v) is 10.4. The van der Waals surface area contributed by atoms with E-state index < -0.39 is 16.1 Å². The molecule has 0 aromatic heterocycles. The quantitative estimate of drug-likeness (QED) is 0.843. The number of sulfonamides is 1. The molecule has 0 aliphatic heterocycles. The molecule has 0 heterocycles. The average Bonchev–Trinajstić information content (AvgIpc) is 2.57. The molecule has 6 heteroatoms. The van der Waals surface area contributed by atoms with Crippen LogP contribution in [0.25, 0.3) is 0 Å². The number of amides is 1. The van der Waals surface area contributed by atoms with E-state index in [-0.39, 0.29) is 11.9 Å². The minimum atomic E-state index is -3.60. The lowest BCUT2D eigenvalue weighted by atomic mass is 10.0. The lowest BCUT2D eigenvalue weighted by Gasteiger charge is -2.29. The van der Waals surface area contributed by atoms with Gasteiger partial charge < -0.3 is 5.32 Å². The van der Waals surface area contributed by atoms with E-state index in [1.165, 1.54) is 5.56 Å². The third-order valence-electron chi connectivity index (χ3n) is 4.49. The zero-order valence-corrected chi connectivity index (χ0v) is 16.7. The Kier molecular flexibility index (Phi) is 6.08. The van der Waals surface area contributed by atoms with Crippen LogP contribution in [0.4, 0.5) is 5.69 Å². The zero-order valence-electron chi connectivity index (χ0n) is 15.9. The number of carbonyl (C=O) groups is 1. The fraction of sp³-hybridized carbons (Fsp3) is 0.350. The Balaban J connectivity index is 2.22. The first kappa shape index (κ1) is 20.0. The summed E-state index contributed by atoms with van der Waals surface area (Å²) in [6, 6.07) is 13.6. The number of aryl methyl sites for hydroxylation is 2. The van der Waals surface area contributed by atoms with Crippen LogP contribution in [0, 0.1) is 13.8 Å². The Bertz CT molecular complexity index is 879. The topological polar surface area (TPSA) is 66.5 Å². The van der Waals surface area contributed by atoms with Crippen molar-refractivity contribution in [3.8, 4) is 0 Å². The second kappa shape index (κ2) is 7.91. The smallest absolute Gasteiger partial charge is 0.244 e. The maximum Gasteiger partial charge on any atom is 0.244 e. The minimum Gasteiger partial charge on any atom is -0.348 e. The Hall–Kier alpha value is -2.34. The number of benzene rings is 2. The van der Waals surface area contributed by atoms with Crippen LogP contribution in [-0.4, -0.2) is 26.6 Å². The van der Waals surface area contributed by atoms with Gasteiger partial charge in [0, 0.05) is 0 Å². The van der Waals surface area contributed by atoms with Gasteiger partial charge in [-0.3, -0.25) is 9.10 Å². The van der Waals surface area contributed by atoms with E-state index in [1.807, 2.05) is 39.0 Å². The van der Waals surface area contributed by atoms with Gasteiger partial charge in [0.05, 0.1) is 18.0 Å². The summed E-state index contributed by atoms with van der Waals surface area (Å²) in [5.41, 5.74) is 3.79. The normalized spacial score (nSPS) is 13.7. The lowest BCUT2D eigenvalue weighted by Crippen LogP contribution is -2.48. The molecule has 0 bridgehead atoms. The summed E-state index contributed by atoms with van der Waals surface area (Å²) in [7, 11) is -3.60. The highest BCUT2D eigenvalue weighted by atomic mass is 32.2. The number of nitrogens with zero attached hydrogens (tertiary/aromatic N) is 1. The number of hydrogen-bond donors (Lipinski definition) is 1. The number of rotatable bonds is 6. The number of anilines is 1. The van der Waals surface area contributed by atoms with Crippen LogP contribution in [0.5, 0.6) is 0 Å².